The monoisotopic (exact) mass is 458 g/mol. The van der Waals surface area contributed by atoms with E-state index in [4.69, 9.17) is 4.42 Å². The highest BCUT2D eigenvalue weighted by molar-refractivity contribution is 7.89. The van der Waals surface area contributed by atoms with Gasteiger partial charge in [-0.05, 0) is 55.8 Å². The van der Waals surface area contributed by atoms with Crippen molar-refractivity contribution in [3.8, 4) is 0 Å². The Morgan fingerprint density at radius 1 is 0.788 bits per heavy atom. The van der Waals surface area contributed by atoms with E-state index in [2.05, 4.69) is 4.99 Å². The van der Waals surface area contributed by atoms with Crippen LogP contribution in [0, 0.1) is 13.8 Å². The van der Waals surface area contributed by atoms with Crippen LogP contribution in [-0.2, 0) is 23.1 Å². The molecule has 0 fully saturated rings. The molecule has 5 nitrogen and oxygen atoms in total. The van der Waals surface area contributed by atoms with Gasteiger partial charge < -0.3 is 4.42 Å². The van der Waals surface area contributed by atoms with Gasteiger partial charge in [0.15, 0.2) is 0 Å². The van der Waals surface area contributed by atoms with Crippen molar-refractivity contribution in [2.75, 3.05) is 0 Å². The summed E-state index contributed by atoms with van der Waals surface area (Å²) < 4.78 is 34.3. The maximum absolute atomic E-state index is 13.5. The van der Waals surface area contributed by atoms with Crippen molar-refractivity contribution in [3.05, 3.63) is 119 Å². The summed E-state index contributed by atoms with van der Waals surface area (Å²) in [5, 5.41) is 0. The quantitative estimate of drug-likeness (QED) is 0.303. The van der Waals surface area contributed by atoms with Gasteiger partial charge in [0.25, 0.3) is 0 Å². The Balaban J connectivity index is 1.59. The highest BCUT2D eigenvalue weighted by atomic mass is 32.2. The Kier molecular flexibility index (Phi) is 6.87. The number of hydrogen-bond acceptors (Lipinski definition) is 4. The van der Waals surface area contributed by atoms with E-state index in [1.165, 1.54) is 4.31 Å². The zero-order valence-corrected chi connectivity index (χ0v) is 19.5. The summed E-state index contributed by atoms with van der Waals surface area (Å²) in [6.07, 6.45) is 1.64. The number of rotatable bonds is 8. The second-order valence-electron chi connectivity index (χ2n) is 7.97. The minimum atomic E-state index is -3.73. The first kappa shape index (κ1) is 22.7. The van der Waals surface area contributed by atoms with Crippen LogP contribution in [0.3, 0.4) is 0 Å². The van der Waals surface area contributed by atoms with Crippen LogP contribution in [0.2, 0.25) is 0 Å². The Morgan fingerprint density at radius 2 is 1.42 bits per heavy atom. The molecule has 33 heavy (non-hydrogen) atoms. The van der Waals surface area contributed by atoms with Crippen LogP contribution in [0.1, 0.15) is 28.2 Å². The van der Waals surface area contributed by atoms with Crippen LogP contribution < -0.4 is 0 Å². The van der Waals surface area contributed by atoms with Gasteiger partial charge in [-0.3, -0.25) is 4.99 Å². The van der Waals surface area contributed by atoms with E-state index in [0.29, 0.717) is 11.5 Å². The van der Waals surface area contributed by atoms with Gasteiger partial charge in [0.05, 0.1) is 23.3 Å². The summed E-state index contributed by atoms with van der Waals surface area (Å²) in [5.74, 6) is 1.11. The van der Waals surface area contributed by atoms with Gasteiger partial charge >= 0.3 is 0 Å². The number of nitrogens with zero attached hydrogens (tertiary/aromatic N) is 2. The lowest BCUT2D eigenvalue weighted by Crippen LogP contribution is -2.30. The summed E-state index contributed by atoms with van der Waals surface area (Å²) >= 11 is 0. The standard InChI is InChI=1S/C27H26N2O3S/c1-21-8-12-23(13-9-21)19-29(33(30,31)27-16-10-22(2)11-17-27)20-26-15-14-25(32-26)18-28-24-6-4-3-5-7-24/h3-18H,19-20H2,1-2H3. The highest BCUT2D eigenvalue weighted by Gasteiger charge is 2.26. The van der Waals surface area contributed by atoms with Gasteiger partial charge in [0.2, 0.25) is 10.0 Å². The van der Waals surface area contributed by atoms with Crippen molar-refractivity contribution >= 4 is 21.9 Å². The van der Waals surface area contributed by atoms with E-state index >= 15 is 0 Å². The summed E-state index contributed by atoms with van der Waals surface area (Å²) in [6.45, 7) is 4.29. The molecule has 1 heterocycles. The van der Waals surface area contributed by atoms with Gasteiger partial charge in [-0.15, -0.1) is 0 Å². The SMILES string of the molecule is Cc1ccc(CN(Cc2ccc(C=Nc3ccccc3)o2)S(=O)(=O)c2ccc(C)cc2)cc1. The smallest absolute Gasteiger partial charge is 0.243 e. The van der Waals surface area contributed by atoms with Crippen molar-refractivity contribution < 1.29 is 12.8 Å². The zero-order chi connectivity index (χ0) is 23.3. The molecule has 3 aromatic carbocycles. The molecule has 0 aliphatic carbocycles. The number of aryl methyl sites for hydroxylation is 2. The molecule has 0 atom stereocenters. The number of benzene rings is 3. The summed E-state index contributed by atoms with van der Waals surface area (Å²) in [7, 11) is -3.73. The molecular formula is C27H26N2O3S. The third kappa shape index (κ3) is 5.86. The Bertz CT molecular complexity index is 1320. The van der Waals surface area contributed by atoms with E-state index in [1.807, 2.05) is 80.6 Å². The molecule has 4 rings (SSSR count). The fourth-order valence-corrected chi connectivity index (χ4v) is 4.75. The average Bonchev–Trinajstić information content (AvgIpc) is 3.27. The lowest BCUT2D eigenvalue weighted by molar-refractivity contribution is 0.357. The summed E-state index contributed by atoms with van der Waals surface area (Å²) in [5.41, 5.74) is 3.86. The fraction of sp³-hybridized carbons (Fsp3) is 0.148. The third-order valence-corrected chi connectivity index (χ3v) is 7.06. The average molecular weight is 459 g/mol. The molecule has 6 heteroatoms. The van der Waals surface area contributed by atoms with Gasteiger partial charge in [-0.25, -0.2) is 8.42 Å². The predicted molar refractivity (Wildman–Crippen MR) is 131 cm³/mol. The Labute approximate surface area is 195 Å². The van der Waals surface area contributed by atoms with E-state index in [9.17, 15) is 8.42 Å². The lowest BCUT2D eigenvalue weighted by Gasteiger charge is -2.21. The first-order valence-corrected chi connectivity index (χ1v) is 12.1. The van der Waals surface area contributed by atoms with Crippen molar-refractivity contribution in [2.24, 2.45) is 4.99 Å². The fourth-order valence-electron chi connectivity index (χ4n) is 3.36. The number of para-hydroxylation sites is 1. The van der Waals surface area contributed by atoms with Gasteiger partial charge in [0.1, 0.15) is 11.5 Å². The molecule has 0 aliphatic heterocycles. The molecule has 0 saturated heterocycles. The first-order valence-electron chi connectivity index (χ1n) is 10.7. The van der Waals surface area contributed by atoms with Gasteiger partial charge in [-0.1, -0.05) is 65.7 Å². The molecule has 0 radical (unpaired) electrons. The lowest BCUT2D eigenvalue weighted by atomic mass is 10.1. The molecule has 0 unspecified atom stereocenters. The molecule has 0 aliphatic rings. The van der Waals surface area contributed by atoms with Crippen LogP contribution in [0.4, 0.5) is 5.69 Å². The number of sulfonamides is 1. The van der Waals surface area contributed by atoms with E-state index in [0.717, 1.165) is 22.4 Å². The van der Waals surface area contributed by atoms with Crippen molar-refractivity contribution in [1.82, 2.24) is 4.31 Å². The molecule has 168 valence electrons. The molecule has 0 saturated carbocycles. The Morgan fingerprint density at radius 3 is 2.09 bits per heavy atom. The maximum Gasteiger partial charge on any atom is 0.243 e. The molecule has 4 aromatic rings. The summed E-state index contributed by atoms with van der Waals surface area (Å²) in [4.78, 5) is 4.66. The van der Waals surface area contributed by atoms with Crippen molar-refractivity contribution in [3.63, 3.8) is 0 Å². The van der Waals surface area contributed by atoms with Crippen LogP contribution in [0.5, 0.6) is 0 Å². The van der Waals surface area contributed by atoms with Crippen LogP contribution in [0.15, 0.2) is 105 Å². The molecular weight excluding hydrogens is 432 g/mol. The highest BCUT2D eigenvalue weighted by Crippen LogP contribution is 2.23. The normalized spacial score (nSPS) is 12.0. The van der Waals surface area contributed by atoms with Crippen LogP contribution in [-0.4, -0.2) is 18.9 Å². The number of aliphatic imine (C=N–C) groups is 1. The topological polar surface area (TPSA) is 62.9 Å². The van der Waals surface area contributed by atoms with Crippen LogP contribution in [0.25, 0.3) is 0 Å². The van der Waals surface area contributed by atoms with Crippen molar-refractivity contribution in [1.29, 1.82) is 0 Å². The maximum atomic E-state index is 13.5. The molecule has 0 N–H and O–H groups in total. The van der Waals surface area contributed by atoms with Gasteiger partial charge in [-0.2, -0.15) is 4.31 Å². The third-order valence-electron chi connectivity index (χ3n) is 5.25. The van der Waals surface area contributed by atoms with E-state index in [1.54, 1.807) is 30.5 Å². The molecule has 0 bridgehead atoms. The van der Waals surface area contributed by atoms with Crippen molar-refractivity contribution in [2.45, 2.75) is 31.8 Å². The Hall–Kier alpha value is -3.48. The minimum absolute atomic E-state index is 0.114. The first-order chi connectivity index (χ1) is 15.9. The zero-order valence-electron chi connectivity index (χ0n) is 18.7. The van der Waals surface area contributed by atoms with E-state index < -0.39 is 10.0 Å². The van der Waals surface area contributed by atoms with Gasteiger partial charge in [0, 0.05) is 6.54 Å². The molecule has 0 amide bonds. The number of hydrogen-bond donors (Lipinski definition) is 0. The molecule has 0 spiro atoms. The molecule has 1 aromatic heterocycles. The number of furan rings is 1. The second-order valence-corrected chi connectivity index (χ2v) is 9.91. The largest absolute Gasteiger partial charge is 0.459 e. The second kappa shape index (κ2) is 9.98. The van der Waals surface area contributed by atoms with Crippen LogP contribution >= 0.6 is 0 Å². The minimum Gasteiger partial charge on any atom is -0.459 e. The van der Waals surface area contributed by atoms with E-state index in [-0.39, 0.29) is 18.0 Å². The summed E-state index contributed by atoms with van der Waals surface area (Å²) in [6, 6.07) is 27.9. The predicted octanol–water partition coefficient (Wildman–Crippen LogP) is 6.04.